The number of nitrogens with one attached hydrogen (secondary N) is 1. The van der Waals surface area contributed by atoms with E-state index in [9.17, 15) is 8.78 Å². The van der Waals surface area contributed by atoms with Gasteiger partial charge in [-0.3, -0.25) is 0 Å². The molecule has 1 N–H and O–H groups in total. The van der Waals surface area contributed by atoms with Crippen molar-refractivity contribution in [3.8, 4) is 0 Å². The Morgan fingerprint density at radius 1 is 1.14 bits per heavy atom. The zero-order chi connectivity index (χ0) is 15.4. The first kappa shape index (κ1) is 16.4. The summed E-state index contributed by atoms with van der Waals surface area (Å²) in [5.41, 5.74) is 1.64. The minimum atomic E-state index is -0.370. The van der Waals surface area contributed by atoms with Gasteiger partial charge in [0.25, 0.3) is 0 Å². The molecule has 0 aromatic heterocycles. The normalized spacial score (nSPS) is 12.4. The van der Waals surface area contributed by atoms with Crippen molar-refractivity contribution in [1.29, 1.82) is 0 Å². The maximum atomic E-state index is 13.4. The average molecular weight is 375 g/mol. The summed E-state index contributed by atoms with van der Waals surface area (Å²) < 4.78 is 27.4. The molecule has 1 unspecified atom stereocenters. The molecule has 21 heavy (non-hydrogen) atoms. The summed E-state index contributed by atoms with van der Waals surface area (Å²) in [6.45, 7) is 2.70. The van der Waals surface area contributed by atoms with Gasteiger partial charge in [-0.25, -0.2) is 8.78 Å². The molecule has 0 aliphatic rings. The van der Waals surface area contributed by atoms with Crippen molar-refractivity contribution in [2.24, 2.45) is 0 Å². The quantitative estimate of drug-likeness (QED) is 0.751. The number of rotatable bonds is 5. The predicted molar refractivity (Wildman–Crippen MR) is 85.6 cm³/mol. The number of likely N-dealkylation sites (N-methyl/N-ethyl adjacent to an activating group) is 1. The van der Waals surface area contributed by atoms with Crippen LogP contribution in [0.1, 0.15) is 24.1 Å². The van der Waals surface area contributed by atoms with Crippen LogP contribution in [0.3, 0.4) is 0 Å². The van der Waals surface area contributed by atoms with Crippen molar-refractivity contribution in [3.63, 3.8) is 0 Å². The zero-order valence-electron chi connectivity index (χ0n) is 11.5. The van der Waals surface area contributed by atoms with Crippen LogP contribution in [-0.4, -0.2) is 6.54 Å². The Labute approximate surface area is 136 Å². The molecular weight excluding hydrogens is 360 g/mol. The molecule has 0 aliphatic carbocycles. The third-order valence-electron chi connectivity index (χ3n) is 3.22. The van der Waals surface area contributed by atoms with Crippen LogP contribution in [0.15, 0.2) is 40.9 Å². The van der Waals surface area contributed by atoms with E-state index in [1.165, 1.54) is 24.3 Å². The van der Waals surface area contributed by atoms with E-state index >= 15 is 0 Å². The molecule has 1 nitrogen and oxygen atoms in total. The Hall–Kier alpha value is -0.970. The van der Waals surface area contributed by atoms with E-state index < -0.39 is 0 Å². The second-order valence-corrected chi connectivity index (χ2v) is 5.98. The molecule has 2 aromatic carbocycles. The third kappa shape index (κ3) is 4.25. The van der Waals surface area contributed by atoms with Gasteiger partial charge in [0.15, 0.2) is 0 Å². The monoisotopic (exact) mass is 373 g/mol. The van der Waals surface area contributed by atoms with Gasteiger partial charge >= 0.3 is 0 Å². The van der Waals surface area contributed by atoms with Gasteiger partial charge in [0, 0.05) is 15.5 Å². The van der Waals surface area contributed by atoms with Crippen LogP contribution in [0.2, 0.25) is 5.02 Å². The van der Waals surface area contributed by atoms with E-state index in [0.717, 1.165) is 22.1 Å². The topological polar surface area (TPSA) is 12.0 Å². The molecule has 2 aromatic rings. The van der Waals surface area contributed by atoms with Gasteiger partial charge in [0.2, 0.25) is 0 Å². The zero-order valence-corrected chi connectivity index (χ0v) is 13.8. The molecule has 2 rings (SSSR count). The first-order valence-electron chi connectivity index (χ1n) is 6.63. The van der Waals surface area contributed by atoms with Crippen LogP contribution in [0.25, 0.3) is 0 Å². The van der Waals surface area contributed by atoms with Crippen LogP contribution >= 0.6 is 27.5 Å². The first-order chi connectivity index (χ1) is 10.0. The first-order valence-corrected chi connectivity index (χ1v) is 7.80. The summed E-state index contributed by atoms with van der Waals surface area (Å²) in [6, 6.07) is 8.81. The van der Waals surface area contributed by atoms with E-state index in [1.54, 1.807) is 12.1 Å². The maximum absolute atomic E-state index is 13.4. The maximum Gasteiger partial charge on any atom is 0.124 e. The van der Waals surface area contributed by atoms with Crippen molar-refractivity contribution in [2.45, 2.75) is 19.4 Å². The molecule has 0 fully saturated rings. The molecule has 0 bridgehead atoms. The standard InChI is InChI=1S/C16H15BrClF2N/c1-2-21-16(13-5-3-12(20)9-15(13)18)8-10-7-11(19)4-6-14(10)17/h3-7,9,16,21H,2,8H2,1H3. The van der Waals surface area contributed by atoms with Crippen molar-refractivity contribution < 1.29 is 8.78 Å². The fraction of sp³-hybridized carbons (Fsp3) is 0.250. The van der Waals surface area contributed by atoms with E-state index in [-0.39, 0.29) is 17.7 Å². The Kier molecular flexibility index (Phi) is 5.73. The van der Waals surface area contributed by atoms with Crippen LogP contribution in [0, 0.1) is 11.6 Å². The van der Waals surface area contributed by atoms with Gasteiger partial charge in [0.1, 0.15) is 11.6 Å². The Balaban J connectivity index is 2.32. The number of benzene rings is 2. The van der Waals surface area contributed by atoms with E-state index in [4.69, 9.17) is 11.6 Å². The predicted octanol–water partition coefficient (Wildman–Crippen LogP) is 5.27. The molecule has 0 aliphatic heterocycles. The highest BCUT2D eigenvalue weighted by Gasteiger charge is 2.16. The molecule has 1 atom stereocenters. The van der Waals surface area contributed by atoms with Crippen molar-refractivity contribution in [1.82, 2.24) is 5.32 Å². The van der Waals surface area contributed by atoms with E-state index in [0.29, 0.717) is 11.4 Å². The molecule has 0 amide bonds. The minimum absolute atomic E-state index is 0.110. The van der Waals surface area contributed by atoms with Gasteiger partial charge in [0.05, 0.1) is 0 Å². The summed E-state index contributed by atoms with van der Waals surface area (Å²) >= 11 is 9.56. The molecule has 0 saturated carbocycles. The number of hydrogen-bond acceptors (Lipinski definition) is 1. The second-order valence-electron chi connectivity index (χ2n) is 4.72. The van der Waals surface area contributed by atoms with Gasteiger partial charge in [-0.2, -0.15) is 0 Å². The summed E-state index contributed by atoms with van der Waals surface area (Å²) in [5, 5.41) is 3.67. The molecule has 0 saturated heterocycles. The Bertz CT molecular complexity index is 634. The largest absolute Gasteiger partial charge is 0.310 e. The Morgan fingerprint density at radius 2 is 1.81 bits per heavy atom. The van der Waals surface area contributed by atoms with Crippen molar-refractivity contribution in [3.05, 3.63) is 68.7 Å². The number of hydrogen-bond donors (Lipinski definition) is 1. The smallest absolute Gasteiger partial charge is 0.124 e. The highest BCUT2D eigenvalue weighted by Crippen LogP contribution is 2.29. The molecule has 0 spiro atoms. The van der Waals surface area contributed by atoms with Gasteiger partial charge in [-0.1, -0.05) is 40.5 Å². The molecule has 5 heteroatoms. The Morgan fingerprint density at radius 3 is 2.48 bits per heavy atom. The van der Waals surface area contributed by atoms with Crippen LogP contribution in [0.5, 0.6) is 0 Å². The lowest BCUT2D eigenvalue weighted by atomic mass is 9.98. The SMILES string of the molecule is CCNC(Cc1cc(F)ccc1Br)c1ccc(F)cc1Cl. The van der Waals surface area contributed by atoms with Gasteiger partial charge < -0.3 is 5.32 Å². The lowest BCUT2D eigenvalue weighted by molar-refractivity contribution is 0.543. The second kappa shape index (κ2) is 7.34. The van der Waals surface area contributed by atoms with Crippen LogP contribution < -0.4 is 5.32 Å². The average Bonchev–Trinajstić information content (AvgIpc) is 2.42. The highest BCUT2D eigenvalue weighted by molar-refractivity contribution is 9.10. The van der Waals surface area contributed by atoms with E-state index in [2.05, 4.69) is 21.2 Å². The lowest BCUT2D eigenvalue weighted by Crippen LogP contribution is -2.23. The summed E-state index contributed by atoms with van der Waals surface area (Å²) in [4.78, 5) is 0. The van der Waals surface area contributed by atoms with Gasteiger partial charge in [-0.15, -0.1) is 0 Å². The van der Waals surface area contributed by atoms with Crippen molar-refractivity contribution in [2.75, 3.05) is 6.54 Å². The van der Waals surface area contributed by atoms with Gasteiger partial charge in [-0.05, 0) is 54.4 Å². The summed E-state index contributed by atoms with van der Waals surface area (Å²) in [6.07, 6.45) is 0.553. The van der Waals surface area contributed by atoms with Crippen LogP contribution in [-0.2, 0) is 6.42 Å². The molecule has 0 heterocycles. The molecule has 0 radical (unpaired) electrons. The fourth-order valence-electron chi connectivity index (χ4n) is 2.24. The van der Waals surface area contributed by atoms with Crippen molar-refractivity contribution >= 4 is 27.5 Å². The third-order valence-corrected chi connectivity index (χ3v) is 4.32. The highest BCUT2D eigenvalue weighted by atomic mass is 79.9. The van der Waals surface area contributed by atoms with Crippen LogP contribution in [0.4, 0.5) is 8.78 Å². The number of halogens is 4. The molecule has 112 valence electrons. The molecular formula is C16H15BrClF2N. The van der Waals surface area contributed by atoms with E-state index in [1.807, 2.05) is 6.92 Å². The minimum Gasteiger partial charge on any atom is -0.310 e. The summed E-state index contributed by atoms with van der Waals surface area (Å²) in [7, 11) is 0. The lowest BCUT2D eigenvalue weighted by Gasteiger charge is -2.20. The summed E-state index contributed by atoms with van der Waals surface area (Å²) in [5.74, 6) is -0.653. The fourth-order valence-corrected chi connectivity index (χ4v) is 2.95.